The van der Waals surface area contributed by atoms with Gasteiger partial charge in [-0.3, -0.25) is 4.68 Å². The normalized spacial score (nSPS) is 11.1. The molecule has 0 spiro atoms. The van der Waals surface area contributed by atoms with Crippen molar-refractivity contribution in [2.45, 2.75) is 0 Å². The van der Waals surface area contributed by atoms with E-state index in [1.54, 1.807) is 51.9 Å². The number of benzene rings is 1. The predicted octanol–water partition coefficient (Wildman–Crippen LogP) is 3.62. The first-order chi connectivity index (χ1) is 11.6. The molecule has 7 nitrogen and oxygen atoms in total. The Kier molecular flexibility index (Phi) is 3.59. The van der Waals surface area contributed by atoms with Crippen LogP contribution in [0.2, 0.25) is 10.0 Å². The van der Waals surface area contributed by atoms with E-state index in [0.29, 0.717) is 38.7 Å². The van der Waals surface area contributed by atoms with Crippen molar-refractivity contribution in [1.82, 2.24) is 29.6 Å². The smallest absolute Gasteiger partial charge is 0.237 e. The Morgan fingerprint density at radius 1 is 1.04 bits per heavy atom. The molecule has 0 saturated heterocycles. The van der Waals surface area contributed by atoms with E-state index < -0.39 is 0 Å². The fourth-order valence-corrected chi connectivity index (χ4v) is 2.79. The summed E-state index contributed by atoms with van der Waals surface area (Å²) in [6.45, 7) is 0. The predicted molar refractivity (Wildman–Crippen MR) is 89.5 cm³/mol. The van der Waals surface area contributed by atoms with Gasteiger partial charge in [-0.25, -0.2) is 0 Å². The molecule has 0 aliphatic heterocycles. The van der Waals surface area contributed by atoms with E-state index in [1.165, 1.54) is 0 Å². The molecule has 0 fully saturated rings. The summed E-state index contributed by atoms with van der Waals surface area (Å²) in [5, 5.41) is 17.8. The zero-order chi connectivity index (χ0) is 16.7. The molecule has 0 atom stereocenters. The Bertz CT molecular complexity index is 1020. The number of rotatable bonds is 3. The molecule has 0 aliphatic carbocycles. The lowest BCUT2D eigenvalue weighted by molar-refractivity contribution is 0.452. The zero-order valence-corrected chi connectivity index (χ0v) is 13.9. The molecule has 24 heavy (non-hydrogen) atoms. The van der Waals surface area contributed by atoms with Crippen molar-refractivity contribution < 1.29 is 4.74 Å². The number of ether oxygens (including phenoxy) is 1. The third-order valence-electron chi connectivity index (χ3n) is 3.26. The van der Waals surface area contributed by atoms with Crippen molar-refractivity contribution in [2.24, 2.45) is 7.05 Å². The molecule has 0 saturated carbocycles. The Morgan fingerprint density at radius 3 is 2.54 bits per heavy atom. The molecule has 4 aromatic rings. The second-order valence-corrected chi connectivity index (χ2v) is 5.95. The Balaban J connectivity index is 1.78. The highest BCUT2D eigenvalue weighted by atomic mass is 35.5. The van der Waals surface area contributed by atoms with Gasteiger partial charge in [-0.2, -0.15) is 9.61 Å². The van der Waals surface area contributed by atoms with Crippen molar-refractivity contribution in [1.29, 1.82) is 0 Å². The summed E-state index contributed by atoms with van der Waals surface area (Å²) in [5.41, 5.74) is 1.30. The fraction of sp³-hybridized carbons (Fsp3) is 0.0667. The van der Waals surface area contributed by atoms with Gasteiger partial charge in [-0.1, -0.05) is 23.2 Å². The minimum atomic E-state index is 0.393. The van der Waals surface area contributed by atoms with Crippen molar-refractivity contribution in [2.75, 3.05) is 0 Å². The highest BCUT2D eigenvalue weighted by Crippen LogP contribution is 2.27. The molecular formula is C15H10Cl2N6O. The SMILES string of the molecule is Cn1cc(Oc2ccc3nnc(-c4cc(Cl)cc(Cl)c4)n3n2)cn1. The molecule has 0 unspecified atom stereocenters. The summed E-state index contributed by atoms with van der Waals surface area (Å²) in [7, 11) is 1.81. The number of halogens is 2. The molecule has 4 rings (SSSR count). The molecule has 0 aliphatic rings. The summed E-state index contributed by atoms with van der Waals surface area (Å²) in [6.07, 6.45) is 3.35. The van der Waals surface area contributed by atoms with E-state index >= 15 is 0 Å². The molecule has 9 heteroatoms. The maximum atomic E-state index is 6.06. The molecular weight excluding hydrogens is 351 g/mol. The summed E-state index contributed by atoms with van der Waals surface area (Å²) in [4.78, 5) is 0. The first-order valence-corrected chi connectivity index (χ1v) is 7.69. The monoisotopic (exact) mass is 360 g/mol. The lowest BCUT2D eigenvalue weighted by atomic mass is 10.2. The van der Waals surface area contributed by atoms with Crippen molar-refractivity contribution in [3.63, 3.8) is 0 Å². The van der Waals surface area contributed by atoms with Gasteiger partial charge >= 0.3 is 0 Å². The maximum absolute atomic E-state index is 6.06. The van der Waals surface area contributed by atoms with Crippen LogP contribution in [0.4, 0.5) is 0 Å². The molecule has 3 aromatic heterocycles. The standard InChI is InChI=1S/C15H10Cl2N6O/c1-22-8-12(7-18-22)24-14-3-2-13-19-20-15(23(13)21-14)9-4-10(16)6-11(17)5-9/h2-8H,1H3. The quantitative estimate of drug-likeness (QED) is 0.557. The second kappa shape index (κ2) is 5.77. The van der Waals surface area contributed by atoms with Gasteiger partial charge in [0.2, 0.25) is 5.88 Å². The first kappa shape index (κ1) is 14.9. The van der Waals surface area contributed by atoms with Gasteiger partial charge in [-0.05, 0) is 24.3 Å². The number of nitrogens with zero attached hydrogens (tertiary/aromatic N) is 6. The number of aryl methyl sites for hydroxylation is 1. The van der Waals surface area contributed by atoms with Gasteiger partial charge in [0.1, 0.15) is 0 Å². The molecule has 3 heterocycles. The lowest BCUT2D eigenvalue weighted by Crippen LogP contribution is -1.97. The minimum Gasteiger partial charge on any atom is -0.434 e. The van der Waals surface area contributed by atoms with Crippen LogP contribution in [-0.2, 0) is 7.05 Å². The highest BCUT2D eigenvalue weighted by Gasteiger charge is 2.12. The molecule has 0 bridgehead atoms. The topological polar surface area (TPSA) is 70.1 Å². The van der Waals surface area contributed by atoms with Crippen molar-refractivity contribution in [3.8, 4) is 23.0 Å². The average Bonchev–Trinajstić information content (AvgIpc) is 3.12. The van der Waals surface area contributed by atoms with Crippen molar-refractivity contribution in [3.05, 3.63) is 52.8 Å². The Morgan fingerprint density at radius 2 is 1.83 bits per heavy atom. The number of aromatic nitrogens is 6. The number of hydrogen-bond acceptors (Lipinski definition) is 5. The van der Waals surface area contributed by atoms with Gasteiger partial charge in [0, 0.05) is 28.7 Å². The molecule has 1 aromatic carbocycles. The van der Waals surface area contributed by atoms with Crippen LogP contribution < -0.4 is 4.74 Å². The van der Waals surface area contributed by atoms with Crippen LogP contribution in [-0.4, -0.2) is 29.6 Å². The molecule has 120 valence electrons. The van der Waals surface area contributed by atoms with Gasteiger partial charge in [0.05, 0.1) is 12.4 Å². The van der Waals surface area contributed by atoms with Crippen molar-refractivity contribution >= 4 is 28.8 Å². The van der Waals surface area contributed by atoms with Gasteiger partial charge in [0.25, 0.3) is 0 Å². The van der Waals surface area contributed by atoms with Crippen LogP contribution in [0.3, 0.4) is 0 Å². The van der Waals surface area contributed by atoms with Crippen LogP contribution in [0.1, 0.15) is 0 Å². The maximum Gasteiger partial charge on any atom is 0.237 e. The average molecular weight is 361 g/mol. The summed E-state index contributed by atoms with van der Waals surface area (Å²) in [6, 6.07) is 8.63. The number of hydrogen-bond donors (Lipinski definition) is 0. The van der Waals surface area contributed by atoms with Crippen LogP contribution in [0, 0.1) is 0 Å². The Hall–Kier alpha value is -2.64. The third kappa shape index (κ3) is 2.79. The molecule has 0 N–H and O–H groups in total. The first-order valence-electron chi connectivity index (χ1n) is 6.94. The van der Waals surface area contributed by atoms with Gasteiger partial charge < -0.3 is 4.74 Å². The van der Waals surface area contributed by atoms with E-state index in [4.69, 9.17) is 27.9 Å². The fourth-order valence-electron chi connectivity index (χ4n) is 2.26. The van der Waals surface area contributed by atoms with Gasteiger partial charge in [0.15, 0.2) is 17.2 Å². The van der Waals surface area contributed by atoms with E-state index in [1.807, 2.05) is 7.05 Å². The van der Waals surface area contributed by atoms with Crippen LogP contribution in [0.25, 0.3) is 17.0 Å². The minimum absolute atomic E-state index is 0.393. The van der Waals surface area contributed by atoms with E-state index in [9.17, 15) is 0 Å². The number of fused-ring (bicyclic) bond motifs is 1. The van der Waals surface area contributed by atoms with Crippen LogP contribution >= 0.6 is 23.2 Å². The lowest BCUT2D eigenvalue weighted by Gasteiger charge is -2.04. The van der Waals surface area contributed by atoms with Crippen LogP contribution in [0.5, 0.6) is 11.6 Å². The van der Waals surface area contributed by atoms with E-state index in [0.717, 1.165) is 0 Å². The zero-order valence-electron chi connectivity index (χ0n) is 12.4. The third-order valence-corrected chi connectivity index (χ3v) is 3.70. The Labute approximate surface area is 146 Å². The second-order valence-electron chi connectivity index (χ2n) is 5.08. The van der Waals surface area contributed by atoms with E-state index in [-0.39, 0.29) is 0 Å². The molecule has 0 amide bonds. The summed E-state index contributed by atoms with van der Waals surface area (Å²) >= 11 is 12.1. The van der Waals surface area contributed by atoms with Gasteiger partial charge in [-0.15, -0.1) is 15.3 Å². The largest absolute Gasteiger partial charge is 0.434 e. The summed E-state index contributed by atoms with van der Waals surface area (Å²) in [5.74, 6) is 1.50. The summed E-state index contributed by atoms with van der Waals surface area (Å²) < 4.78 is 8.91. The highest BCUT2D eigenvalue weighted by molar-refractivity contribution is 6.35. The van der Waals surface area contributed by atoms with Crippen LogP contribution in [0.15, 0.2) is 42.7 Å². The molecule has 0 radical (unpaired) electrons. The van der Waals surface area contributed by atoms with E-state index in [2.05, 4.69) is 20.4 Å².